The van der Waals surface area contributed by atoms with Gasteiger partial charge in [-0.25, -0.2) is 4.79 Å². The number of rotatable bonds is 4. The zero-order chi connectivity index (χ0) is 30.1. The fourth-order valence-electron chi connectivity index (χ4n) is 7.46. The molecule has 0 aromatic heterocycles. The average molecular weight is 569 g/mol. The maximum atomic E-state index is 14.7. The molecule has 2 fully saturated rings. The number of hydrogen-bond acceptors (Lipinski definition) is 10. The third-order valence-electron chi connectivity index (χ3n) is 9.61. The smallest absolute Gasteiger partial charge is 0.338 e. The van der Waals surface area contributed by atoms with Crippen LogP contribution in [-0.4, -0.2) is 76.1 Å². The number of Topliss-reactive ketones (excluding diaryl/α,β-unsaturated/α-hetero) is 1. The molecular weight excluding hydrogens is 532 g/mol. The number of ether oxygens (including phenoxy) is 4. The molecule has 5 rings (SSSR count). The van der Waals surface area contributed by atoms with Crippen molar-refractivity contribution in [2.45, 2.75) is 83.6 Å². The van der Waals surface area contributed by atoms with Crippen LogP contribution in [0.15, 0.2) is 53.6 Å². The minimum Gasteiger partial charge on any atom is -0.455 e. The van der Waals surface area contributed by atoms with E-state index in [0.29, 0.717) is 5.57 Å². The van der Waals surface area contributed by atoms with Gasteiger partial charge < -0.3 is 29.2 Å². The van der Waals surface area contributed by atoms with Crippen LogP contribution in [0.25, 0.3) is 0 Å². The molecule has 0 radical (unpaired) electrons. The first-order valence-corrected chi connectivity index (χ1v) is 13.7. The first kappa shape index (κ1) is 29.2. The summed E-state index contributed by atoms with van der Waals surface area (Å²) in [6.45, 7) is 8.83. The summed E-state index contributed by atoms with van der Waals surface area (Å²) in [5.41, 5.74) is -5.63. The van der Waals surface area contributed by atoms with Crippen molar-refractivity contribution in [2.75, 3.05) is 6.61 Å². The SMILES string of the molecule is CC(=O)O[C@H]1C(=O)[C@]2(C)C=C[C@H]3OC[C@@]3(OC(C)=O)[C@@H]2[C@H](OC(=O)c2ccccc2)[C@]2(O)C[C@H](O)C(C)=C1C2(C)C. The summed E-state index contributed by atoms with van der Waals surface area (Å²) in [5, 5.41) is 24.1. The Labute approximate surface area is 238 Å². The Morgan fingerprint density at radius 1 is 1.02 bits per heavy atom. The van der Waals surface area contributed by atoms with E-state index in [-0.39, 0.29) is 24.2 Å². The predicted octanol–water partition coefficient (Wildman–Crippen LogP) is 2.46. The minimum absolute atomic E-state index is 0.131. The number of fused-ring (bicyclic) bond motifs is 5. The van der Waals surface area contributed by atoms with Crippen molar-refractivity contribution in [1.82, 2.24) is 0 Å². The molecule has 1 aliphatic heterocycles. The van der Waals surface area contributed by atoms with E-state index in [1.54, 1.807) is 70.2 Å². The van der Waals surface area contributed by atoms with Crippen molar-refractivity contribution >= 4 is 23.7 Å². The molecule has 1 saturated heterocycles. The zero-order valence-corrected chi connectivity index (χ0v) is 24.0. The third-order valence-corrected chi connectivity index (χ3v) is 9.61. The molecule has 2 bridgehead atoms. The Morgan fingerprint density at radius 2 is 1.68 bits per heavy atom. The number of allylic oxidation sites excluding steroid dienone is 1. The van der Waals surface area contributed by atoms with Crippen molar-refractivity contribution in [3.63, 3.8) is 0 Å². The van der Waals surface area contributed by atoms with Crippen molar-refractivity contribution < 1.29 is 48.3 Å². The van der Waals surface area contributed by atoms with Crippen LogP contribution in [0.4, 0.5) is 0 Å². The van der Waals surface area contributed by atoms with Crippen LogP contribution in [0, 0.1) is 16.7 Å². The summed E-state index contributed by atoms with van der Waals surface area (Å²) < 4.78 is 23.6. The average Bonchev–Trinajstić information content (AvgIpc) is 2.88. The van der Waals surface area contributed by atoms with Crippen LogP contribution in [0.5, 0.6) is 0 Å². The van der Waals surface area contributed by atoms with E-state index in [0.717, 1.165) is 0 Å². The Hall–Kier alpha value is -3.34. The van der Waals surface area contributed by atoms with Gasteiger partial charge in [0, 0.05) is 25.7 Å². The first-order chi connectivity index (χ1) is 19.1. The summed E-state index contributed by atoms with van der Waals surface area (Å²) in [7, 11) is 0. The quantitative estimate of drug-likeness (QED) is 0.316. The number of ketones is 1. The fourth-order valence-corrected chi connectivity index (χ4v) is 7.46. The van der Waals surface area contributed by atoms with E-state index in [2.05, 4.69) is 0 Å². The number of esters is 3. The van der Waals surface area contributed by atoms with E-state index in [4.69, 9.17) is 18.9 Å². The molecule has 220 valence electrons. The van der Waals surface area contributed by atoms with E-state index in [9.17, 15) is 29.4 Å². The third kappa shape index (κ3) is 4.10. The lowest BCUT2D eigenvalue weighted by Crippen LogP contribution is -2.78. The lowest BCUT2D eigenvalue weighted by atomic mass is 9.46. The fraction of sp³-hybridized carbons (Fsp3) is 0.548. The van der Waals surface area contributed by atoms with Crippen LogP contribution < -0.4 is 0 Å². The van der Waals surface area contributed by atoms with Crippen molar-refractivity contribution in [2.24, 2.45) is 16.7 Å². The topological polar surface area (TPSA) is 146 Å². The molecule has 41 heavy (non-hydrogen) atoms. The predicted molar refractivity (Wildman–Crippen MR) is 143 cm³/mol. The second-order valence-electron chi connectivity index (χ2n) is 12.3. The molecule has 4 aliphatic rings. The number of carbonyl (C=O) groups excluding carboxylic acids is 4. The molecule has 0 amide bonds. The Morgan fingerprint density at radius 3 is 2.24 bits per heavy atom. The molecule has 8 atom stereocenters. The standard InChI is InChI=1S/C31H36O10/c1-16-20(34)14-31(37)26(40-27(36)19-10-8-7-9-11-19)24-29(6,13-12-21-30(24,15-38-21)41-18(3)33)25(35)23(39-17(2)32)22(16)28(31,4)5/h7-13,20-21,23-24,26,34,37H,14-15H2,1-6H3/t20-,21+,23+,24+,26-,29+,30-,31+/m0/s1. The number of aliphatic hydroxyl groups is 2. The molecule has 0 spiro atoms. The molecule has 10 heteroatoms. The lowest BCUT2D eigenvalue weighted by Gasteiger charge is -2.65. The van der Waals surface area contributed by atoms with E-state index in [1.165, 1.54) is 13.8 Å². The highest BCUT2D eigenvalue weighted by molar-refractivity contribution is 5.96. The van der Waals surface area contributed by atoms with Gasteiger partial charge >= 0.3 is 17.9 Å². The largest absolute Gasteiger partial charge is 0.455 e. The van der Waals surface area contributed by atoms with Gasteiger partial charge in [-0.05, 0) is 37.1 Å². The van der Waals surface area contributed by atoms with E-state index < -0.39 is 76.1 Å². The van der Waals surface area contributed by atoms with Crippen LogP contribution in [0.1, 0.15) is 58.3 Å². The minimum atomic E-state index is -2.02. The molecule has 3 aliphatic carbocycles. The highest BCUT2D eigenvalue weighted by Crippen LogP contribution is 2.62. The number of aliphatic hydroxyl groups excluding tert-OH is 1. The second-order valence-corrected chi connectivity index (χ2v) is 12.3. The molecule has 1 aromatic rings. The monoisotopic (exact) mass is 568 g/mol. The van der Waals surface area contributed by atoms with Gasteiger partial charge in [0.25, 0.3) is 0 Å². The molecule has 1 aromatic carbocycles. The van der Waals surface area contributed by atoms with Crippen molar-refractivity contribution in [3.8, 4) is 0 Å². The van der Waals surface area contributed by atoms with Gasteiger partial charge in [-0.1, -0.05) is 44.2 Å². The molecular formula is C31H36O10. The van der Waals surface area contributed by atoms with E-state index in [1.807, 2.05) is 0 Å². The second kappa shape index (κ2) is 9.61. The summed E-state index contributed by atoms with van der Waals surface area (Å²) in [5.74, 6) is -3.89. The number of carbonyl (C=O) groups is 4. The van der Waals surface area contributed by atoms with Crippen LogP contribution in [0.3, 0.4) is 0 Å². The van der Waals surface area contributed by atoms with Gasteiger partial charge in [-0.15, -0.1) is 0 Å². The van der Waals surface area contributed by atoms with Crippen LogP contribution in [0.2, 0.25) is 0 Å². The van der Waals surface area contributed by atoms with Crippen molar-refractivity contribution in [1.29, 1.82) is 0 Å². The summed E-state index contributed by atoms with van der Waals surface area (Å²) in [6, 6.07) is 8.19. The van der Waals surface area contributed by atoms with E-state index >= 15 is 0 Å². The molecule has 1 heterocycles. The number of hydrogen-bond donors (Lipinski definition) is 2. The lowest BCUT2D eigenvalue weighted by molar-refractivity contribution is -0.306. The van der Waals surface area contributed by atoms with Gasteiger partial charge in [0.2, 0.25) is 0 Å². The van der Waals surface area contributed by atoms with Gasteiger partial charge in [0.05, 0.1) is 29.6 Å². The Balaban J connectivity index is 1.82. The van der Waals surface area contributed by atoms with Gasteiger partial charge in [-0.3, -0.25) is 14.4 Å². The molecule has 2 N–H and O–H groups in total. The normalized spacial score (nSPS) is 38.8. The van der Waals surface area contributed by atoms with Gasteiger partial charge in [0.1, 0.15) is 17.8 Å². The summed E-state index contributed by atoms with van der Waals surface area (Å²) in [6.07, 6.45) is -2.06. The van der Waals surface area contributed by atoms with Gasteiger partial charge in [-0.2, -0.15) is 0 Å². The summed E-state index contributed by atoms with van der Waals surface area (Å²) >= 11 is 0. The first-order valence-electron chi connectivity index (χ1n) is 13.7. The maximum Gasteiger partial charge on any atom is 0.338 e. The number of benzene rings is 1. The molecule has 0 unspecified atom stereocenters. The Kier molecular flexibility index (Phi) is 6.83. The van der Waals surface area contributed by atoms with Crippen molar-refractivity contribution in [3.05, 3.63) is 59.2 Å². The Bertz CT molecular complexity index is 1360. The molecule has 1 saturated carbocycles. The van der Waals surface area contributed by atoms with Crippen LogP contribution >= 0.6 is 0 Å². The highest BCUT2D eigenvalue weighted by Gasteiger charge is 2.75. The van der Waals surface area contributed by atoms with Gasteiger partial charge in [0.15, 0.2) is 17.5 Å². The maximum absolute atomic E-state index is 14.7. The highest BCUT2D eigenvalue weighted by atomic mass is 16.6. The zero-order valence-electron chi connectivity index (χ0n) is 24.0. The molecule has 10 nitrogen and oxygen atoms in total. The summed E-state index contributed by atoms with van der Waals surface area (Å²) in [4.78, 5) is 53.2. The van der Waals surface area contributed by atoms with Crippen LogP contribution in [-0.2, 0) is 33.3 Å².